The van der Waals surface area contributed by atoms with E-state index in [1.807, 2.05) is 6.92 Å². The van der Waals surface area contributed by atoms with E-state index in [-0.39, 0.29) is 4.90 Å². The smallest absolute Gasteiger partial charge is 0.255 e. The van der Waals surface area contributed by atoms with E-state index in [1.54, 1.807) is 31.2 Å². The highest BCUT2D eigenvalue weighted by Gasteiger charge is 2.21. The molecule has 0 radical (unpaired) electrons. The van der Waals surface area contributed by atoms with Crippen LogP contribution < -0.4 is 14.8 Å². The molecule has 0 aromatic heterocycles. The van der Waals surface area contributed by atoms with Gasteiger partial charge in [0.25, 0.3) is 5.91 Å². The van der Waals surface area contributed by atoms with Gasteiger partial charge in [0, 0.05) is 30.9 Å². The Hall–Kier alpha value is -2.58. The summed E-state index contributed by atoms with van der Waals surface area (Å²) in [5, 5.41) is 2.73. The zero-order valence-corrected chi connectivity index (χ0v) is 17.1. The first kappa shape index (κ1) is 20.7. The number of amides is 1. The number of hydrogen-bond donors (Lipinski definition) is 1. The molecule has 7 nitrogen and oxygen atoms in total. The Bertz CT molecular complexity index is 943. The molecule has 1 amide bonds. The molecule has 2 aromatic rings. The molecule has 2 rings (SSSR count). The molecule has 2 aromatic carbocycles. The summed E-state index contributed by atoms with van der Waals surface area (Å²) in [5.74, 6) is 0.655. The average molecular weight is 392 g/mol. The molecule has 0 aliphatic rings. The van der Waals surface area contributed by atoms with E-state index in [4.69, 9.17) is 9.47 Å². The lowest BCUT2D eigenvalue weighted by atomic mass is 10.1. The first-order valence-electron chi connectivity index (χ1n) is 8.19. The molecule has 0 heterocycles. The van der Waals surface area contributed by atoms with E-state index in [9.17, 15) is 13.2 Å². The third-order valence-corrected chi connectivity index (χ3v) is 6.18. The summed E-state index contributed by atoms with van der Waals surface area (Å²) in [7, 11) is 2.34. The number of carbonyl (C=O) groups is 1. The Morgan fingerprint density at radius 3 is 2.04 bits per heavy atom. The quantitative estimate of drug-likeness (QED) is 0.817. The number of anilines is 1. The summed E-state index contributed by atoms with van der Waals surface area (Å²) in [6.45, 7) is 3.54. The van der Waals surface area contributed by atoms with Crippen LogP contribution in [0.2, 0.25) is 0 Å². The lowest BCUT2D eigenvalue weighted by molar-refractivity contribution is 0.102. The molecule has 0 fully saturated rings. The number of nitrogens with zero attached hydrogens (tertiary/aromatic N) is 1. The normalized spacial score (nSPS) is 11.4. The van der Waals surface area contributed by atoms with E-state index in [2.05, 4.69) is 5.32 Å². The van der Waals surface area contributed by atoms with Crippen molar-refractivity contribution < 1.29 is 22.7 Å². The Morgan fingerprint density at radius 2 is 1.56 bits per heavy atom. The van der Waals surface area contributed by atoms with Crippen molar-refractivity contribution in [1.29, 1.82) is 0 Å². The minimum atomic E-state index is -3.62. The molecule has 0 bridgehead atoms. The zero-order chi connectivity index (χ0) is 20.4. The summed E-state index contributed by atoms with van der Waals surface area (Å²) in [5.41, 5.74) is 2.10. The molecular weight excluding hydrogens is 368 g/mol. The summed E-state index contributed by atoms with van der Waals surface area (Å²) >= 11 is 0. The highest BCUT2D eigenvalue weighted by atomic mass is 32.2. The van der Waals surface area contributed by atoms with Crippen molar-refractivity contribution in [3.63, 3.8) is 0 Å². The summed E-state index contributed by atoms with van der Waals surface area (Å²) in [6, 6.07) is 7.98. The third-order valence-electron chi connectivity index (χ3n) is 4.22. The largest absolute Gasteiger partial charge is 0.496 e. The second-order valence-corrected chi connectivity index (χ2v) is 8.35. The Balaban J connectivity index is 2.40. The van der Waals surface area contributed by atoms with Gasteiger partial charge in [-0.2, -0.15) is 0 Å². The first-order valence-corrected chi connectivity index (χ1v) is 9.63. The highest BCUT2D eigenvalue weighted by Crippen LogP contribution is 2.30. The maximum Gasteiger partial charge on any atom is 0.255 e. The second-order valence-electron chi connectivity index (χ2n) is 6.23. The van der Waals surface area contributed by atoms with Crippen LogP contribution in [0.25, 0.3) is 0 Å². The number of sulfonamides is 1. The van der Waals surface area contributed by atoms with E-state index in [0.717, 1.165) is 9.87 Å². The Morgan fingerprint density at radius 1 is 1.00 bits per heavy atom. The van der Waals surface area contributed by atoms with Gasteiger partial charge in [0.15, 0.2) is 0 Å². The fourth-order valence-corrected chi connectivity index (χ4v) is 3.72. The lowest BCUT2D eigenvalue weighted by Crippen LogP contribution is -2.23. The van der Waals surface area contributed by atoms with E-state index >= 15 is 0 Å². The van der Waals surface area contributed by atoms with Crippen LogP contribution in [0.4, 0.5) is 5.69 Å². The van der Waals surface area contributed by atoms with E-state index in [1.165, 1.54) is 34.4 Å². The van der Waals surface area contributed by atoms with Gasteiger partial charge in [-0.05, 0) is 43.7 Å². The summed E-state index contributed by atoms with van der Waals surface area (Å²) < 4.78 is 36.6. The number of aryl methyl sites for hydroxylation is 1. The Kier molecular flexibility index (Phi) is 6.12. The SMILES string of the molecule is COc1cc(C(=O)Nc2ccc(C)c(S(=O)(=O)N(C)C)c2)cc(OC)c1C. The van der Waals surface area contributed by atoms with Crippen LogP contribution >= 0.6 is 0 Å². The number of nitrogens with one attached hydrogen (secondary N) is 1. The van der Waals surface area contributed by atoms with Gasteiger partial charge < -0.3 is 14.8 Å². The molecule has 0 saturated heterocycles. The topological polar surface area (TPSA) is 84.9 Å². The van der Waals surface area contributed by atoms with E-state index < -0.39 is 15.9 Å². The van der Waals surface area contributed by atoms with Crippen molar-refractivity contribution in [1.82, 2.24) is 4.31 Å². The number of benzene rings is 2. The van der Waals surface area contributed by atoms with Crippen molar-refractivity contribution >= 4 is 21.6 Å². The van der Waals surface area contributed by atoms with Crippen LogP contribution in [0, 0.1) is 13.8 Å². The van der Waals surface area contributed by atoms with Crippen molar-refractivity contribution in [2.75, 3.05) is 33.6 Å². The molecule has 8 heteroatoms. The van der Waals surface area contributed by atoms with Crippen molar-refractivity contribution in [3.05, 3.63) is 47.0 Å². The number of hydrogen-bond acceptors (Lipinski definition) is 5. The summed E-state index contributed by atoms with van der Waals surface area (Å²) in [6.07, 6.45) is 0. The molecule has 0 atom stereocenters. The van der Waals surface area contributed by atoms with Crippen LogP contribution in [0.5, 0.6) is 11.5 Å². The van der Waals surface area contributed by atoms with Gasteiger partial charge in [-0.3, -0.25) is 4.79 Å². The highest BCUT2D eigenvalue weighted by molar-refractivity contribution is 7.89. The molecule has 1 N–H and O–H groups in total. The van der Waals surface area contributed by atoms with Gasteiger partial charge in [-0.25, -0.2) is 12.7 Å². The van der Waals surface area contributed by atoms with Crippen molar-refractivity contribution in [2.45, 2.75) is 18.7 Å². The van der Waals surface area contributed by atoms with Crippen molar-refractivity contribution in [3.8, 4) is 11.5 Å². The van der Waals surface area contributed by atoms with Crippen LogP contribution in [-0.4, -0.2) is 46.9 Å². The van der Waals surface area contributed by atoms with Crippen molar-refractivity contribution in [2.24, 2.45) is 0 Å². The van der Waals surface area contributed by atoms with Crippen LogP contribution in [0.3, 0.4) is 0 Å². The monoisotopic (exact) mass is 392 g/mol. The average Bonchev–Trinajstić information content (AvgIpc) is 2.63. The fraction of sp³-hybridized carbons (Fsp3) is 0.316. The maximum absolute atomic E-state index is 12.7. The number of methoxy groups -OCH3 is 2. The summed E-state index contributed by atoms with van der Waals surface area (Å²) in [4.78, 5) is 12.8. The predicted molar refractivity (Wildman–Crippen MR) is 104 cm³/mol. The molecule has 0 spiro atoms. The number of ether oxygens (including phenoxy) is 2. The van der Waals surface area contributed by atoms with E-state index in [0.29, 0.717) is 28.3 Å². The van der Waals surface area contributed by atoms with Gasteiger partial charge in [-0.1, -0.05) is 6.07 Å². The fourth-order valence-electron chi connectivity index (χ4n) is 2.57. The maximum atomic E-state index is 12.7. The zero-order valence-electron chi connectivity index (χ0n) is 16.3. The predicted octanol–water partition coefficient (Wildman–Crippen LogP) is 2.82. The minimum Gasteiger partial charge on any atom is -0.496 e. The molecule has 0 aliphatic carbocycles. The molecule has 27 heavy (non-hydrogen) atoms. The van der Waals surface area contributed by atoms with Crippen LogP contribution in [0.1, 0.15) is 21.5 Å². The van der Waals surface area contributed by atoms with Gasteiger partial charge in [0.05, 0.1) is 19.1 Å². The van der Waals surface area contributed by atoms with Gasteiger partial charge >= 0.3 is 0 Å². The number of rotatable bonds is 6. The first-order chi connectivity index (χ1) is 12.6. The lowest BCUT2D eigenvalue weighted by Gasteiger charge is -2.16. The standard InChI is InChI=1S/C19H24N2O5S/c1-12-7-8-15(11-18(12)27(23,24)21(3)4)20-19(22)14-9-16(25-5)13(2)17(10-14)26-6/h7-11H,1-6H3,(H,20,22). The van der Waals surface area contributed by atoms with Gasteiger partial charge in [0.2, 0.25) is 10.0 Å². The Labute approximate surface area is 160 Å². The molecular formula is C19H24N2O5S. The number of carbonyl (C=O) groups excluding carboxylic acids is 1. The van der Waals surface area contributed by atoms with Crippen LogP contribution in [-0.2, 0) is 10.0 Å². The van der Waals surface area contributed by atoms with Gasteiger partial charge in [-0.15, -0.1) is 0 Å². The molecule has 0 saturated carbocycles. The second kappa shape index (κ2) is 7.98. The molecule has 0 unspecified atom stereocenters. The molecule has 146 valence electrons. The van der Waals surface area contributed by atoms with Crippen LogP contribution in [0.15, 0.2) is 35.2 Å². The van der Waals surface area contributed by atoms with Gasteiger partial charge in [0.1, 0.15) is 11.5 Å². The molecule has 0 aliphatic heterocycles. The minimum absolute atomic E-state index is 0.143. The third kappa shape index (κ3) is 4.23.